The zero-order chi connectivity index (χ0) is 14.8. The molecule has 0 bridgehead atoms. The number of aromatic nitrogens is 1. The van der Waals surface area contributed by atoms with E-state index in [2.05, 4.69) is 20.9 Å². The second kappa shape index (κ2) is 5.85. The predicted octanol–water partition coefficient (Wildman–Crippen LogP) is 4.89. The van der Waals surface area contributed by atoms with Gasteiger partial charge in [-0.25, -0.2) is 4.98 Å². The first-order valence-electron chi connectivity index (χ1n) is 5.31. The molecule has 2 nitrogen and oxygen atoms in total. The van der Waals surface area contributed by atoms with Crippen LogP contribution in [0.3, 0.4) is 0 Å². The van der Waals surface area contributed by atoms with Gasteiger partial charge in [0.25, 0.3) is 0 Å². The van der Waals surface area contributed by atoms with Gasteiger partial charge in [0.2, 0.25) is 0 Å². The molecule has 1 aromatic carbocycles. The van der Waals surface area contributed by atoms with Crippen molar-refractivity contribution < 1.29 is 13.2 Å². The molecule has 0 atom stereocenters. The Bertz CT molecular complexity index is 663. The Balaban J connectivity index is 2.31. The van der Waals surface area contributed by atoms with Gasteiger partial charge >= 0.3 is 6.18 Å². The molecule has 0 N–H and O–H groups in total. The second-order valence-electron chi connectivity index (χ2n) is 3.73. The summed E-state index contributed by atoms with van der Waals surface area (Å²) < 4.78 is 38.8. The van der Waals surface area contributed by atoms with E-state index in [1.165, 1.54) is 23.9 Å². The van der Waals surface area contributed by atoms with Gasteiger partial charge < -0.3 is 0 Å². The van der Waals surface area contributed by atoms with Crippen molar-refractivity contribution in [3.8, 4) is 6.07 Å². The molecule has 7 heteroatoms. The Hall–Kier alpha value is -1.52. The van der Waals surface area contributed by atoms with Gasteiger partial charge in [0.15, 0.2) is 0 Å². The summed E-state index contributed by atoms with van der Waals surface area (Å²) in [7, 11) is 0. The van der Waals surface area contributed by atoms with Crippen LogP contribution in [-0.2, 0) is 6.18 Å². The molecule has 0 fully saturated rings. The van der Waals surface area contributed by atoms with Crippen LogP contribution in [0.5, 0.6) is 0 Å². The highest BCUT2D eigenvalue weighted by Crippen LogP contribution is 2.35. The molecule has 1 aromatic heterocycles. The van der Waals surface area contributed by atoms with E-state index in [4.69, 9.17) is 5.26 Å². The molecule has 0 aliphatic rings. The number of alkyl halides is 3. The predicted molar refractivity (Wildman–Crippen MR) is 72.2 cm³/mol. The molecule has 1 heterocycles. The monoisotopic (exact) mass is 358 g/mol. The quantitative estimate of drug-likeness (QED) is 0.767. The van der Waals surface area contributed by atoms with E-state index in [0.717, 1.165) is 10.5 Å². The molecule has 0 unspecified atom stereocenters. The van der Waals surface area contributed by atoms with E-state index in [1.54, 1.807) is 24.4 Å². The summed E-state index contributed by atoms with van der Waals surface area (Å²) in [6.07, 6.45) is -2.93. The van der Waals surface area contributed by atoms with Crippen LogP contribution in [-0.4, -0.2) is 4.98 Å². The molecule has 0 radical (unpaired) electrons. The molecule has 2 aromatic rings. The molecule has 0 saturated heterocycles. The summed E-state index contributed by atoms with van der Waals surface area (Å²) in [4.78, 5) is 4.64. The van der Waals surface area contributed by atoms with Gasteiger partial charge in [0.05, 0.1) is 17.2 Å². The lowest BCUT2D eigenvalue weighted by Crippen LogP contribution is -2.07. The molecule has 0 aliphatic heterocycles. The Kier molecular flexibility index (Phi) is 4.35. The first-order valence-corrected chi connectivity index (χ1v) is 6.92. The van der Waals surface area contributed by atoms with Gasteiger partial charge in [-0.15, -0.1) is 0 Å². The maximum absolute atomic E-state index is 12.7. The summed E-state index contributed by atoms with van der Waals surface area (Å²) >= 11 is 4.44. The summed E-state index contributed by atoms with van der Waals surface area (Å²) in [5, 5.41) is 9.46. The normalized spacial score (nSPS) is 11.2. The van der Waals surface area contributed by atoms with Crippen LogP contribution >= 0.6 is 27.7 Å². The molecule has 20 heavy (non-hydrogen) atoms. The Labute approximate surface area is 125 Å². The van der Waals surface area contributed by atoms with Crippen LogP contribution in [0.2, 0.25) is 0 Å². The fourth-order valence-corrected chi connectivity index (χ4v) is 2.50. The third kappa shape index (κ3) is 3.52. The zero-order valence-electron chi connectivity index (χ0n) is 9.78. The molecule has 0 aliphatic carbocycles. The van der Waals surface area contributed by atoms with E-state index in [1.807, 2.05) is 0 Å². The Morgan fingerprint density at radius 1 is 1.20 bits per heavy atom. The van der Waals surface area contributed by atoms with Crippen LogP contribution in [0.4, 0.5) is 13.2 Å². The van der Waals surface area contributed by atoms with Crippen molar-refractivity contribution in [2.75, 3.05) is 0 Å². The number of rotatable bonds is 2. The number of pyridine rings is 1. The number of hydrogen-bond acceptors (Lipinski definition) is 3. The second-order valence-corrected chi connectivity index (χ2v) is 5.74. The van der Waals surface area contributed by atoms with E-state index in [-0.39, 0.29) is 5.56 Å². The van der Waals surface area contributed by atoms with Crippen molar-refractivity contribution in [1.82, 2.24) is 4.98 Å². The van der Waals surface area contributed by atoms with Crippen LogP contribution in [0.1, 0.15) is 11.1 Å². The number of hydrogen-bond donors (Lipinski definition) is 0. The fourth-order valence-electron chi connectivity index (χ4n) is 1.47. The van der Waals surface area contributed by atoms with Crippen molar-refractivity contribution in [3.05, 3.63) is 52.1 Å². The summed E-state index contributed by atoms with van der Waals surface area (Å²) in [6.45, 7) is 0. The van der Waals surface area contributed by atoms with Crippen molar-refractivity contribution >= 4 is 27.7 Å². The molecular weight excluding hydrogens is 353 g/mol. The minimum absolute atomic E-state index is 0.389. The lowest BCUT2D eigenvalue weighted by molar-refractivity contribution is -0.137. The van der Waals surface area contributed by atoms with E-state index in [0.29, 0.717) is 9.92 Å². The summed E-state index contributed by atoms with van der Waals surface area (Å²) in [5.41, 5.74) is -1.31. The number of halogens is 4. The fraction of sp³-hybridized carbons (Fsp3) is 0.0769. The molecular formula is C13H6BrF3N2S. The molecule has 2 rings (SSSR count). The highest BCUT2D eigenvalue weighted by atomic mass is 79.9. The average Bonchev–Trinajstić information content (AvgIpc) is 2.40. The van der Waals surface area contributed by atoms with Crippen LogP contribution in [0.25, 0.3) is 0 Å². The lowest BCUT2D eigenvalue weighted by Gasteiger charge is -2.09. The minimum Gasteiger partial charge on any atom is -0.248 e. The SMILES string of the molecule is N#Cc1cc(Sc2ccc(Br)cn2)ccc1C(F)(F)F. The zero-order valence-corrected chi connectivity index (χ0v) is 12.2. The highest BCUT2D eigenvalue weighted by molar-refractivity contribution is 9.10. The number of nitriles is 1. The van der Waals surface area contributed by atoms with Crippen LogP contribution in [0, 0.1) is 11.3 Å². The van der Waals surface area contributed by atoms with Gasteiger partial charge in [0.1, 0.15) is 5.03 Å². The lowest BCUT2D eigenvalue weighted by atomic mass is 10.1. The smallest absolute Gasteiger partial charge is 0.248 e. The minimum atomic E-state index is -4.52. The molecule has 0 amide bonds. The maximum atomic E-state index is 12.7. The molecule has 0 spiro atoms. The Morgan fingerprint density at radius 2 is 1.95 bits per heavy atom. The summed E-state index contributed by atoms with van der Waals surface area (Å²) in [5.74, 6) is 0. The first-order chi connectivity index (χ1) is 9.40. The molecule has 102 valence electrons. The number of nitrogens with zero attached hydrogens (tertiary/aromatic N) is 2. The molecule has 0 saturated carbocycles. The first kappa shape index (κ1) is 14.9. The van der Waals surface area contributed by atoms with E-state index >= 15 is 0 Å². The largest absolute Gasteiger partial charge is 0.417 e. The van der Waals surface area contributed by atoms with Crippen molar-refractivity contribution in [2.45, 2.75) is 16.1 Å². The van der Waals surface area contributed by atoms with Crippen molar-refractivity contribution in [2.24, 2.45) is 0 Å². The number of benzene rings is 1. The topological polar surface area (TPSA) is 36.7 Å². The Morgan fingerprint density at radius 3 is 2.50 bits per heavy atom. The van der Waals surface area contributed by atoms with Crippen LogP contribution in [0.15, 0.2) is 50.9 Å². The maximum Gasteiger partial charge on any atom is 0.417 e. The third-order valence-electron chi connectivity index (χ3n) is 2.34. The van der Waals surface area contributed by atoms with Gasteiger partial charge in [-0.3, -0.25) is 0 Å². The van der Waals surface area contributed by atoms with Gasteiger partial charge in [-0.05, 0) is 46.3 Å². The van der Waals surface area contributed by atoms with Crippen molar-refractivity contribution in [1.29, 1.82) is 5.26 Å². The van der Waals surface area contributed by atoms with Crippen LogP contribution < -0.4 is 0 Å². The van der Waals surface area contributed by atoms with E-state index < -0.39 is 11.7 Å². The summed E-state index contributed by atoms with van der Waals surface area (Å²) in [6, 6.07) is 8.56. The standard InChI is InChI=1S/C13H6BrF3N2S/c14-9-1-4-12(19-7-9)20-10-2-3-11(13(15,16)17)8(5-10)6-18/h1-5,7H. The van der Waals surface area contributed by atoms with Gasteiger partial charge in [0, 0.05) is 15.6 Å². The van der Waals surface area contributed by atoms with E-state index in [9.17, 15) is 13.2 Å². The third-order valence-corrected chi connectivity index (χ3v) is 3.75. The average molecular weight is 359 g/mol. The highest BCUT2D eigenvalue weighted by Gasteiger charge is 2.33. The van der Waals surface area contributed by atoms with Gasteiger partial charge in [-0.2, -0.15) is 18.4 Å². The van der Waals surface area contributed by atoms with Crippen molar-refractivity contribution in [3.63, 3.8) is 0 Å². The van der Waals surface area contributed by atoms with Gasteiger partial charge in [-0.1, -0.05) is 11.8 Å².